The van der Waals surface area contributed by atoms with Crippen LogP contribution in [0.15, 0.2) is 24.3 Å². The maximum absolute atomic E-state index is 12.4. The standard InChI is InChI=1S/C11H14F2N2O2.ClH/c1-17-6-9(14)11(16)15-8-4-2-3-7(5-8)10(12)13;/h2-5,9-10H,6,14H2,1H3,(H,15,16);1H. The third-order valence-corrected chi connectivity index (χ3v) is 2.09. The molecule has 3 N–H and O–H groups in total. The van der Waals surface area contributed by atoms with E-state index in [2.05, 4.69) is 5.32 Å². The number of alkyl halides is 2. The van der Waals surface area contributed by atoms with Crippen LogP contribution in [0.2, 0.25) is 0 Å². The molecule has 0 aliphatic carbocycles. The molecule has 0 aliphatic rings. The number of benzene rings is 1. The van der Waals surface area contributed by atoms with Gasteiger partial charge in [0.05, 0.1) is 6.61 Å². The summed E-state index contributed by atoms with van der Waals surface area (Å²) in [7, 11) is 1.42. The van der Waals surface area contributed by atoms with Crippen LogP contribution in [0.4, 0.5) is 14.5 Å². The number of ether oxygens (including phenoxy) is 1. The van der Waals surface area contributed by atoms with Crippen molar-refractivity contribution in [2.24, 2.45) is 5.73 Å². The molecule has 0 heterocycles. The Morgan fingerprint density at radius 2 is 2.17 bits per heavy atom. The fourth-order valence-corrected chi connectivity index (χ4v) is 1.24. The monoisotopic (exact) mass is 280 g/mol. The zero-order valence-electron chi connectivity index (χ0n) is 9.73. The Hall–Kier alpha value is -1.24. The molecule has 1 rings (SSSR count). The average molecular weight is 281 g/mol. The van der Waals surface area contributed by atoms with Gasteiger partial charge in [0.15, 0.2) is 0 Å². The van der Waals surface area contributed by atoms with Crippen LogP contribution >= 0.6 is 12.4 Å². The summed E-state index contributed by atoms with van der Waals surface area (Å²) in [6, 6.07) is 4.63. The van der Waals surface area contributed by atoms with Crippen molar-refractivity contribution >= 4 is 24.0 Å². The second kappa shape index (κ2) is 7.97. The molecule has 1 aromatic carbocycles. The van der Waals surface area contributed by atoms with Crippen LogP contribution in [-0.4, -0.2) is 25.7 Å². The lowest BCUT2D eigenvalue weighted by atomic mass is 10.2. The molecule has 1 aromatic rings. The maximum atomic E-state index is 12.4. The van der Waals surface area contributed by atoms with Crippen molar-refractivity contribution < 1.29 is 18.3 Å². The summed E-state index contributed by atoms with van der Waals surface area (Å²) in [5, 5.41) is 2.44. The lowest BCUT2D eigenvalue weighted by molar-refractivity contribution is -0.118. The van der Waals surface area contributed by atoms with Crippen LogP contribution in [0.5, 0.6) is 0 Å². The molecule has 0 saturated carbocycles. The number of carbonyl (C=O) groups excluding carboxylic acids is 1. The Labute approximate surface area is 110 Å². The lowest BCUT2D eigenvalue weighted by Crippen LogP contribution is -2.39. The molecule has 102 valence electrons. The van der Waals surface area contributed by atoms with E-state index in [-0.39, 0.29) is 24.6 Å². The first-order valence-electron chi connectivity index (χ1n) is 4.98. The Balaban J connectivity index is 0.00000289. The van der Waals surface area contributed by atoms with E-state index in [1.807, 2.05) is 0 Å². The summed E-state index contributed by atoms with van der Waals surface area (Å²) < 4.78 is 29.5. The fraction of sp³-hybridized carbons (Fsp3) is 0.364. The molecule has 0 saturated heterocycles. The summed E-state index contributed by atoms with van der Waals surface area (Å²) >= 11 is 0. The van der Waals surface area contributed by atoms with Crippen molar-refractivity contribution in [1.29, 1.82) is 0 Å². The molecule has 0 bridgehead atoms. The number of anilines is 1. The van der Waals surface area contributed by atoms with Crippen LogP contribution in [0.3, 0.4) is 0 Å². The largest absolute Gasteiger partial charge is 0.383 e. The zero-order valence-corrected chi connectivity index (χ0v) is 10.5. The summed E-state index contributed by atoms with van der Waals surface area (Å²) in [6.45, 7) is 0.0698. The average Bonchev–Trinajstić information content (AvgIpc) is 2.29. The molecule has 1 atom stereocenters. The molecule has 0 aliphatic heterocycles. The smallest absolute Gasteiger partial charge is 0.263 e. The van der Waals surface area contributed by atoms with Crippen LogP contribution < -0.4 is 11.1 Å². The van der Waals surface area contributed by atoms with Gasteiger partial charge in [0.1, 0.15) is 6.04 Å². The van der Waals surface area contributed by atoms with Crippen molar-refractivity contribution in [2.45, 2.75) is 12.5 Å². The minimum absolute atomic E-state index is 0. The van der Waals surface area contributed by atoms with E-state index < -0.39 is 18.4 Å². The molecule has 0 radical (unpaired) electrons. The van der Waals surface area contributed by atoms with Gasteiger partial charge in [0.2, 0.25) is 5.91 Å². The van der Waals surface area contributed by atoms with E-state index in [1.165, 1.54) is 31.4 Å². The van der Waals surface area contributed by atoms with Gasteiger partial charge in [-0.25, -0.2) is 8.78 Å². The van der Waals surface area contributed by atoms with E-state index >= 15 is 0 Å². The molecule has 1 unspecified atom stereocenters. The Morgan fingerprint density at radius 3 is 2.72 bits per heavy atom. The number of amides is 1. The predicted molar refractivity (Wildman–Crippen MR) is 67.1 cm³/mol. The second-order valence-electron chi connectivity index (χ2n) is 3.48. The van der Waals surface area contributed by atoms with Gasteiger partial charge in [-0.15, -0.1) is 12.4 Å². The molecule has 0 spiro atoms. The molecular weight excluding hydrogens is 266 g/mol. The first-order chi connectivity index (χ1) is 8.04. The van der Waals surface area contributed by atoms with Crippen LogP contribution in [0, 0.1) is 0 Å². The van der Waals surface area contributed by atoms with E-state index in [4.69, 9.17) is 10.5 Å². The Morgan fingerprint density at radius 1 is 1.50 bits per heavy atom. The van der Waals surface area contributed by atoms with Gasteiger partial charge in [-0.3, -0.25) is 4.79 Å². The topological polar surface area (TPSA) is 64.3 Å². The van der Waals surface area contributed by atoms with Gasteiger partial charge in [0, 0.05) is 18.4 Å². The normalized spacial score (nSPS) is 11.8. The minimum Gasteiger partial charge on any atom is -0.383 e. The summed E-state index contributed by atoms with van der Waals surface area (Å²) in [6.07, 6.45) is -2.57. The molecule has 0 fully saturated rings. The number of nitrogens with two attached hydrogens (primary N) is 1. The van der Waals surface area contributed by atoms with Gasteiger partial charge in [-0.1, -0.05) is 12.1 Å². The third-order valence-electron chi connectivity index (χ3n) is 2.09. The number of methoxy groups -OCH3 is 1. The quantitative estimate of drug-likeness (QED) is 0.866. The van der Waals surface area contributed by atoms with Gasteiger partial charge < -0.3 is 15.8 Å². The van der Waals surface area contributed by atoms with Gasteiger partial charge in [-0.05, 0) is 12.1 Å². The van der Waals surface area contributed by atoms with Crippen LogP contribution in [-0.2, 0) is 9.53 Å². The Bertz CT molecular complexity index is 391. The minimum atomic E-state index is -2.57. The first kappa shape index (κ1) is 16.8. The second-order valence-corrected chi connectivity index (χ2v) is 3.48. The summed E-state index contributed by atoms with van der Waals surface area (Å²) in [5.74, 6) is -0.474. The highest BCUT2D eigenvalue weighted by Gasteiger charge is 2.14. The van der Waals surface area contributed by atoms with Crippen molar-refractivity contribution in [1.82, 2.24) is 0 Å². The number of halogens is 3. The number of hydrogen-bond donors (Lipinski definition) is 2. The zero-order chi connectivity index (χ0) is 12.8. The number of carbonyl (C=O) groups is 1. The Kier molecular flexibility index (Phi) is 7.42. The summed E-state index contributed by atoms with van der Waals surface area (Å²) in [5.41, 5.74) is 5.63. The highest BCUT2D eigenvalue weighted by Crippen LogP contribution is 2.21. The van der Waals surface area contributed by atoms with Crippen molar-refractivity contribution in [3.8, 4) is 0 Å². The molecule has 4 nitrogen and oxygen atoms in total. The number of rotatable bonds is 5. The molecule has 7 heteroatoms. The van der Waals surface area contributed by atoms with Crippen LogP contribution in [0.25, 0.3) is 0 Å². The first-order valence-corrected chi connectivity index (χ1v) is 4.98. The number of hydrogen-bond acceptors (Lipinski definition) is 3. The van der Waals surface area contributed by atoms with Crippen molar-refractivity contribution in [3.05, 3.63) is 29.8 Å². The maximum Gasteiger partial charge on any atom is 0.263 e. The van der Waals surface area contributed by atoms with Gasteiger partial charge in [-0.2, -0.15) is 0 Å². The molecule has 1 amide bonds. The number of nitrogens with one attached hydrogen (secondary N) is 1. The highest BCUT2D eigenvalue weighted by molar-refractivity contribution is 5.94. The van der Waals surface area contributed by atoms with E-state index in [0.29, 0.717) is 5.69 Å². The fourth-order valence-electron chi connectivity index (χ4n) is 1.24. The van der Waals surface area contributed by atoms with Crippen LogP contribution in [0.1, 0.15) is 12.0 Å². The van der Waals surface area contributed by atoms with Gasteiger partial charge in [0.25, 0.3) is 6.43 Å². The third kappa shape index (κ3) is 4.95. The highest BCUT2D eigenvalue weighted by atomic mass is 35.5. The SMILES string of the molecule is COCC(N)C(=O)Nc1cccc(C(F)F)c1.Cl. The summed E-state index contributed by atoms with van der Waals surface area (Å²) in [4.78, 5) is 11.5. The van der Waals surface area contributed by atoms with Crippen molar-refractivity contribution in [2.75, 3.05) is 19.0 Å². The van der Waals surface area contributed by atoms with Crippen molar-refractivity contribution in [3.63, 3.8) is 0 Å². The molecule has 0 aromatic heterocycles. The van der Waals surface area contributed by atoms with Gasteiger partial charge >= 0.3 is 0 Å². The van der Waals surface area contributed by atoms with E-state index in [9.17, 15) is 13.6 Å². The van der Waals surface area contributed by atoms with E-state index in [0.717, 1.165) is 0 Å². The lowest BCUT2D eigenvalue weighted by Gasteiger charge is -2.11. The molecular formula is C11H15ClF2N2O2. The molecule has 18 heavy (non-hydrogen) atoms. The predicted octanol–water partition coefficient (Wildman–Crippen LogP) is 1.96. The van der Waals surface area contributed by atoms with E-state index in [1.54, 1.807) is 0 Å².